The molecular weight excluding hydrogens is 442 g/mol. The van der Waals surface area contributed by atoms with E-state index >= 15 is 0 Å². The highest BCUT2D eigenvalue weighted by Gasteiger charge is 2.27. The first-order chi connectivity index (χ1) is 14.8. The summed E-state index contributed by atoms with van der Waals surface area (Å²) in [6.07, 6.45) is 4.91. The highest BCUT2D eigenvalue weighted by Crippen LogP contribution is 2.29. The van der Waals surface area contributed by atoms with Gasteiger partial charge in [-0.05, 0) is 68.7 Å². The van der Waals surface area contributed by atoms with Gasteiger partial charge in [0, 0.05) is 30.6 Å². The number of rotatable bonds is 9. The molecule has 0 spiro atoms. The number of sulfonamides is 1. The number of benzene rings is 1. The molecule has 1 aromatic rings. The number of amides is 2. The molecule has 0 bridgehead atoms. The lowest BCUT2D eigenvalue weighted by molar-refractivity contribution is -0.129. The van der Waals surface area contributed by atoms with Gasteiger partial charge in [-0.25, -0.2) is 13.1 Å². The van der Waals surface area contributed by atoms with Crippen molar-refractivity contribution in [2.24, 2.45) is 11.8 Å². The summed E-state index contributed by atoms with van der Waals surface area (Å²) in [5, 5.41) is 5.98. The maximum atomic E-state index is 12.4. The van der Waals surface area contributed by atoms with E-state index in [2.05, 4.69) is 15.4 Å². The second-order valence-electron chi connectivity index (χ2n) is 8.18. The molecule has 3 rings (SSSR count). The molecule has 1 aliphatic heterocycles. The number of hydrogen-bond donors (Lipinski definition) is 3. The van der Waals surface area contributed by atoms with E-state index in [4.69, 9.17) is 16.3 Å². The van der Waals surface area contributed by atoms with Crippen LogP contribution in [0.4, 0.5) is 0 Å². The quantitative estimate of drug-likeness (QED) is 0.508. The van der Waals surface area contributed by atoms with Gasteiger partial charge in [0.25, 0.3) is 0 Å². The van der Waals surface area contributed by atoms with Gasteiger partial charge >= 0.3 is 0 Å². The van der Waals surface area contributed by atoms with E-state index in [1.165, 1.54) is 12.1 Å². The molecule has 1 heterocycles. The van der Waals surface area contributed by atoms with Gasteiger partial charge in [0.15, 0.2) is 0 Å². The molecule has 172 valence electrons. The summed E-state index contributed by atoms with van der Waals surface area (Å²) in [5.41, 5.74) is 0. The Bertz CT molecular complexity index is 848. The van der Waals surface area contributed by atoms with Crippen molar-refractivity contribution >= 4 is 33.4 Å². The second-order valence-corrected chi connectivity index (χ2v) is 10.4. The average molecular weight is 472 g/mol. The van der Waals surface area contributed by atoms with Gasteiger partial charge in [-0.3, -0.25) is 9.59 Å². The monoisotopic (exact) mass is 471 g/mol. The van der Waals surface area contributed by atoms with E-state index < -0.39 is 10.0 Å². The molecule has 8 nitrogen and oxygen atoms in total. The van der Waals surface area contributed by atoms with Crippen LogP contribution >= 0.6 is 11.6 Å². The Hall–Kier alpha value is -1.68. The van der Waals surface area contributed by atoms with E-state index in [9.17, 15) is 18.0 Å². The van der Waals surface area contributed by atoms with Crippen LogP contribution in [-0.2, 0) is 24.3 Å². The zero-order valence-electron chi connectivity index (χ0n) is 17.4. The first kappa shape index (κ1) is 24.0. The van der Waals surface area contributed by atoms with Gasteiger partial charge in [-0.15, -0.1) is 0 Å². The van der Waals surface area contributed by atoms with Gasteiger partial charge in [0.1, 0.15) is 0 Å². The maximum absolute atomic E-state index is 12.4. The first-order valence-electron chi connectivity index (χ1n) is 10.7. The summed E-state index contributed by atoms with van der Waals surface area (Å²) in [6.45, 7) is 1.52. The third-order valence-corrected chi connectivity index (χ3v) is 7.57. The minimum Gasteiger partial charge on any atom is -0.376 e. The normalized spacial score (nSPS) is 24.0. The number of carbonyl (C=O) groups excluding carboxylic acids is 2. The molecule has 1 atom stereocenters. The molecule has 31 heavy (non-hydrogen) atoms. The van der Waals surface area contributed by atoms with Crippen LogP contribution < -0.4 is 15.4 Å². The Balaban J connectivity index is 1.33. The summed E-state index contributed by atoms with van der Waals surface area (Å²) >= 11 is 5.81. The zero-order chi connectivity index (χ0) is 22.3. The number of hydrogen-bond acceptors (Lipinski definition) is 5. The number of halogens is 1. The Morgan fingerprint density at radius 2 is 1.71 bits per heavy atom. The van der Waals surface area contributed by atoms with Gasteiger partial charge in [-0.1, -0.05) is 11.6 Å². The highest BCUT2D eigenvalue weighted by atomic mass is 35.5. The Labute approximate surface area is 188 Å². The molecule has 2 amide bonds. The minimum atomic E-state index is -3.58. The van der Waals surface area contributed by atoms with Gasteiger partial charge in [0.2, 0.25) is 21.8 Å². The van der Waals surface area contributed by atoms with Crippen LogP contribution in [0.3, 0.4) is 0 Å². The fourth-order valence-electron chi connectivity index (χ4n) is 3.96. The summed E-state index contributed by atoms with van der Waals surface area (Å²) in [7, 11) is -3.58. The van der Waals surface area contributed by atoms with Crippen molar-refractivity contribution in [2.75, 3.05) is 26.2 Å². The molecule has 10 heteroatoms. The van der Waals surface area contributed by atoms with E-state index in [0.717, 1.165) is 32.3 Å². The maximum Gasteiger partial charge on any atom is 0.240 e. The Morgan fingerprint density at radius 1 is 1.00 bits per heavy atom. The largest absolute Gasteiger partial charge is 0.376 e. The number of ether oxygens (including phenoxy) is 1. The molecule has 1 saturated heterocycles. The third kappa shape index (κ3) is 7.45. The van der Waals surface area contributed by atoms with Crippen molar-refractivity contribution in [3.05, 3.63) is 29.3 Å². The fraction of sp³-hybridized carbons (Fsp3) is 0.619. The van der Waals surface area contributed by atoms with Crippen molar-refractivity contribution < 1.29 is 22.7 Å². The summed E-state index contributed by atoms with van der Waals surface area (Å²) < 4.78 is 32.9. The molecule has 1 saturated carbocycles. The lowest BCUT2D eigenvalue weighted by Gasteiger charge is -2.27. The molecule has 2 aliphatic rings. The molecule has 0 aromatic heterocycles. The van der Waals surface area contributed by atoms with E-state index in [0.29, 0.717) is 31.0 Å². The van der Waals surface area contributed by atoms with Crippen LogP contribution in [0.2, 0.25) is 5.02 Å². The van der Waals surface area contributed by atoms with Crippen molar-refractivity contribution in [3.8, 4) is 0 Å². The lowest BCUT2D eigenvalue weighted by atomic mass is 9.81. The minimum absolute atomic E-state index is 0.0353. The van der Waals surface area contributed by atoms with Gasteiger partial charge in [0.05, 0.1) is 17.5 Å². The van der Waals surface area contributed by atoms with Crippen LogP contribution in [-0.4, -0.2) is 52.6 Å². The van der Waals surface area contributed by atoms with Crippen molar-refractivity contribution in [1.29, 1.82) is 0 Å². The summed E-state index contributed by atoms with van der Waals surface area (Å²) in [4.78, 5) is 24.4. The zero-order valence-corrected chi connectivity index (χ0v) is 19.0. The second kappa shape index (κ2) is 11.3. The molecule has 3 N–H and O–H groups in total. The Morgan fingerprint density at radius 3 is 2.35 bits per heavy atom. The predicted octanol–water partition coefficient (Wildman–Crippen LogP) is 1.84. The standard InChI is InChI=1S/C21H30ClN3O5S/c22-17-7-9-19(10-8-17)31(28,29)25-12-15-3-5-16(6-4-15)21(27)24-14-20(26)23-13-18-2-1-11-30-18/h7-10,15-16,18,25H,1-6,11-14H2,(H,23,26)(H,24,27)/t15?,16?,18-/m0/s1. The molecule has 1 aromatic carbocycles. The molecule has 1 aliphatic carbocycles. The fourth-order valence-corrected chi connectivity index (χ4v) is 5.20. The summed E-state index contributed by atoms with van der Waals surface area (Å²) in [6, 6.07) is 6.04. The SMILES string of the molecule is O=C(CNC(=O)C1CCC(CNS(=O)(=O)c2ccc(Cl)cc2)CC1)NC[C@@H]1CCCO1. The van der Waals surface area contributed by atoms with E-state index in [1.807, 2.05) is 0 Å². The van der Waals surface area contributed by atoms with Gasteiger partial charge in [-0.2, -0.15) is 0 Å². The average Bonchev–Trinajstić information content (AvgIpc) is 3.29. The van der Waals surface area contributed by atoms with E-state index in [-0.39, 0.29) is 41.2 Å². The molecule has 0 radical (unpaired) electrons. The van der Waals surface area contributed by atoms with Crippen molar-refractivity contribution in [3.63, 3.8) is 0 Å². The summed E-state index contributed by atoms with van der Waals surface area (Å²) in [5.74, 6) is -0.294. The van der Waals surface area contributed by atoms with E-state index in [1.54, 1.807) is 12.1 Å². The smallest absolute Gasteiger partial charge is 0.240 e. The lowest BCUT2D eigenvalue weighted by Crippen LogP contribution is -2.42. The first-order valence-corrected chi connectivity index (χ1v) is 12.6. The topological polar surface area (TPSA) is 114 Å². The van der Waals surface area contributed by atoms with Crippen molar-refractivity contribution in [1.82, 2.24) is 15.4 Å². The van der Waals surface area contributed by atoms with Crippen LogP contribution in [0.25, 0.3) is 0 Å². The van der Waals surface area contributed by atoms with Crippen LogP contribution in [0.15, 0.2) is 29.2 Å². The van der Waals surface area contributed by atoms with Crippen LogP contribution in [0, 0.1) is 11.8 Å². The Kier molecular flexibility index (Phi) is 8.71. The molecule has 2 fully saturated rings. The third-order valence-electron chi connectivity index (χ3n) is 5.88. The van der Waals surface area contributed by atoms with Crippen molar-refractivity contribution in [2.45, 2.75) is 49.5 Å². The van der Waals surface area contributed by atoms with Crippen LogP contribution in [0.5, 0.6) is 0 Å². The highest BCUT2D eigenvalue weighted by molar-refractivity contribution is 7.89. The predicted molar refractivity (Wildman–Crippen MR) is 117 cm³/mol. The molecular formula is C21H30ClN3O5S. The molecule has 0 unspecified atom stereocenters. The number of nitrogens with one attached hydrogen (secondary N) is 3. The van der Waals surface area contributed by atoms with Gasteiger partial charge < -0.3 is 15.4 Å². The number of carbonyl (C=O) groups is 2. The van der Waals surface area contributed by atoms with Crippen LogP contribution in [0.1, 0.15) is 38.5 Å².